The molecule has 0 radical (unpaired) electrons. The first kappa shape index (κ1) is 12.6. The van der Waals surface area contributed by atoms with Crippen molar-refractivity contribution in [3.63, 3.8) is 0 Å². The maximum absolute atomic E-state index is 11.9. The third-order valence-corrected chi connectivity index (χ3v) is 3.67. The van der Waals surface area contributed by atoms with E-state index in [0.29, 0.717) is 17.9 Å². The van der Waals surface area contributed by atoms with Gasteiger partial charge in [-0.1, -0.05) is 6.92 Å². The number of aryl methyl sites for hydroxylation is 2. The van der Waals surface area contributed by atoms with Gasteiger partial charge in [0.05, 0.1) is 18.4 Å². The Bertz CT molecular complexity index is 540. The van der Waals surface area contributed by atoms with Crippen molar-refractivity contribution in [2.45, 2.75) is 19.9 Å². The number of nitrogen functional groups attached to an aromatic ring is 1. The van der Waals surface area contributed by atoms with Gasteiger partial charge in [-0.2, -0.15) is 5.10 Å². The lowest BCUT2D eigenvalue weighted by molar-refractivity contribution is 0.0942. The summed E-state index contributed by atoms with van der Waals surface area (Å²) in [4.78, 5) is 17.4. The molecular formula is C11H15N5OS. The first-order valence-electron chi connectivity index (χ1n) is 5.61. The summed E-state index contributed by atoms with van der Waals surface area (Å²) < 4.78 is 1.46. The lowest BCUT2D eigenvalue weighted by atomic mass is 10.3. The van der Waals surface area contributed by atoms with E-state index < -0.39 is 0 Å². The van der Waals surface area contributed by atoms with E-state index in [4.69, 9.17) is 5.73 Å². The number of rotatable bonds is 4. The van der Waals surface area contributed by atoms with Crippen LogP contribution in [0.1, 0.15) is 27.3 Å². The summed E-state index contributed by atoms with van der Waals surface area (Å²) in [5, 5.41) is 7.61. The molecule has 6 nitrogen and oxygen atoms in total. The Morgan fingerprint density at radius 2 is 2.33 bits per heavy atom. The summed E-state index contributed by atoms with van der Waals surface area (Å²) in [5.41, 5.74) is 6.43. The van der Waals surface area contributed by atoms with Crippen LogP contribution in [0, 0.1) is 0 Å². The minimum Gasteiger partial charge on any atom is -0.396 e. The van der Waals surface area contributed by atoms with Gasteiger partial charge < -0.3 is 11.1 Å². The SMILES string of the molecule is CCc1cnc(CNC(=O)c2c(N)cnn2C)s1. The fourth-order valence-electron chi connectivity index (χ4n) is 1.57. The number of hydrogen-bond donors (Lipinski definition) is 2. The molecule has 96 valence electrons. The second kappa shape index (κ2) is 5.18. The average molecular weight is 265 g/mol. The van der Waals surface area contributed by atoms with Gasteiger partial charge in [0.15, 0.2) is 0 Å². The molecule has 0 fully saturated rings. The Morgan fingerprint density at radius 1 is 1.56 bits per heavy atom. The number of nitrogens with one attached hydrogen (secondary N) is 1. The van der Waals surface area contributed by atoms with Crippen LogP contribution in [0.5, 0.6) is 0 Å². The molecule has 0 spiro atoms. The van der Waals surface area contributed by atoms with E-state index in [1.807, 2.05) is 6.20 Å². The normalized spacial score (nSPS) is 10.6. The number of amides is 1. The van der Waals surface area contributed by atoms with Gasteiger partial charge in [0.1, 0.15) is 10.7 Å². The molecule has 2 heterocycles. The molecule has 0 saturated heterocycles. The molecule has 0 aromatic carbocycles. The molecule has 0 unspecified atom stereocenters. The summed E-state index contributed by atoms with van der Waals surface area (Å²) in [6.45, 7) is 2.49. The van der Waals surface area contributed by atoms with Crippen molar-refractivity contribution in [3.05, 3.63) is 28.0 Å². The molecule has 0 aliphatic carbocycles. The fourth-order valence-corrected chi connectivity index (χ4v) is 2.37. The predicted octanol–water partition coefficient (Wildman–Crippen LogP) is 0.951. The van der Waals surface area contributed by atoms with Crippen molar-refractivity contribution in [3.8, 4) is 0 Å². The van der Waals surface area contributed by atoms with Gasteiger partial charge in [0, 0.05) is 18.1 Å². The minimum absolute atomic E-state index is 0.235. The quantitative estimate of drug-likeness (QED) is 0.862. The summed E-state index contributed by atoms with van der Waals surface area (Å²) in [6.07, 6.45) is 4.26. The monoisotopic (exact) mass is 265 g/mol. The molecule has 2 aromatic heterocycles. The largest absolute Gasteiger partial charge is 0.396 e. The third-order valence-electron chi connectivity index (χ3n) is 2.53. The molecule has 2 aromatic rings. The maximum Gasteiger partial charge on any atom is 0.272 e. The number of carbonyl (C=O) groups is 1. The number of nitrogens with zero attached hydrogens (tertiary/aromatic N) is 3. The van der Waals surface area contributed by atoms with Gasteiger partial charge >= 0.3 is 0 Å². The van der Waals surface area contributed by atoms with E-state index >= 15 is 0 Å². The molecule has 0 aliphatic rings. The zero-order valence-corrected chi connectivity index (χ0v) is 11.1. The Balaban J connectivity index is 2.00. The number of anilines is 1. The molecule has 7 heteroatoms. The highest BCUT2D eigenvalue weighted by molar-refractivity contribution is 7.11. The second-order valence-corrected chi connectivity index (χ2v) is 5.03. The molecule has 0 atom stereocenters. The number of aromatic nitrogens is 3. The zero-order valence-electron chi connectivity index (χ0n) is 10.3. The van der Waals surface area contributed by atoms with Crippen LogP contribution in [0.3, 0.4) is 0 Å². The Labute approximate surface area is 109 Å². The molecule has 0 saturated carbocycles. The number of thiazole rings is 1. The first-order valence-corrected chi connectivity index (χ1v) is 6.42. The Kier molecular flexibility index (Phi) is 3.61. The molecule has 3 N–H and O–H groups in total. The highest BCUT2D eigenvalue weighted by Crippen LogP contribution is 2.14. The Hall–Kier alpha value is -1.89. The van der Waals surface area contributed by atoms with Crippen molar-refractivity contribution in [2.24, 2.45) is 7.05 Å². The van der Waals surface area contributed by atoms with E-state index in [0.717, 1.165) is 11.4 Å². The number of nitrogens with two attached hydrogens (primary N) is 1. The van der Waals surface area contributed by atoms with Gasteiger partial charge in [-0.15, -0.1) is 11.3 Å². The van der Waals surface area contributed by atoms with Crippen molar-refractivity contribution in [1.82, 2.24) is 20.1 Å². The number of carbonyl (C=O) groups excluding carboxylic acids is 1. The smallest absolute Gasteiger partial charge is 0.272 e. The van der Waals surface area contributed by atoms with Crippen LogP contribution in [0.25, 0.3) is 0 Å². The van der Waals surface area contributed by atoms with Crippen molar-refractivity contribution in [2.75, 3.05) is 5.73 Å². The maximum atomic E-state index is 11.9. The van der Waals surface area contributed by atoms with Crippen molar-refractivity contribution >= 4 is 22.9 Å². The van der Waals surface area contributed by atoms with Crippen LogP contribution in [-0.4, -0.2) is 20.7 Å². The van der Waals surface area contributed by atoms with Crippen LogP contribution < -0.4 is 11.1 Å². The minimum atomic E-state index is -0.235. The Morgan fingerprint density at radius 3 is 2.89 bits per heavy atom. The predicted molar refractivity (Wildman–Crippen MR) is 70.3 cm³/mol. The van der Waals surface area contributed by atoms with Gasteiger partial charge in [0.25, 0.3) is 5.91 Å². The zero-order chi connectivity index (χ0) is 13.1. The molecule has 0 bridgehead atoms. The fraction of sp³-hybridized carbons (Fsp3) is 0.364. The van der Waals surface area contributed by atoms with Gasteiger partial charge in [-0.3, -0.25) is 9.48 Å². The molecule has 1 amide bonds. The lowest BCUT2D eigenvalue weighted by Crippen LogP contribution is -2.25. The topological polar surface area (TPSA) is 85.8 Å². The van der Waals surface area contributed by atoms with Crippen LogP contribution in [0.2, 0.25) is 0 Å². The average Bonchev–Trinajstić information content (AvgIpc) is 2.93. The summed E-state index contributed by atoms with van der Waals surface area (Å²) in [7, 11) is 1.68. The van der Waals surface area contributed by atoms with E-state index in [1.54, 1.807) is 18.4 Å². The van der Waals surface area contributed by atoms with E-state index in [-0.39, 0.29) is 5.91 Å². The van der Waals surface area contributed by atoms with Gasteiger partial charge in [-0.25, -0.2) is 4.98 Å². The van der Waals surface area contributed by atoms with Crippen molar-refractivity contribution < 1.29 is 4.79 Å². The summed E-state index contributed by atoms with van der Waals surface area (Å²) in [6, 6.07) is 0. The van der Waals surface area contributed by atoms with E-state index in [9.17, 15) is 4.79 Å². The highest BCUT2D eigenvalue weighted by atomic mass is 32.1. The van der Waals surface area contributed by atoms with Crippen LogP contribution >= 0.6 is 11.3 Å². The molecule has 0 aliphatic heterocycles. The molecule has 2 rings (SSSR count). The van der Waals surface area contributed by atoms with Crippen molar-refractivity contribution in [1.29, 1.82) is 0 Å². The van der Waals surface area contributed by atoms with Crippen LogP contribution in [-0.2, 0) is 20.0 Å². The second-order valence-electron chi connectivity index (χ2n) is 3.83. The summed E-state index contributed by atoms with van der Waals surface area (Å²) >= 11 is 1.60. The molecular weight excluding hydrogens is 250 g/mol. The van der Waals surface area contributed by atoms with E-state index in [1.165, 1.54) is 15.8 Å². The van der Waals surface area contributed by atoms with Crippen LogP contribution in [0.4, 0.5) is 5.69 Å². The standard InChI is InChI=1S/C11H15N5OS/c1-3-7-4-13-9(18-7)6-14-11(17)10-8(12)5-15-16(10)2/h4-5H,3,6,12H2,1-2H3,(H,14,17). The van der Waals surface area contributed by atoms with E-state index in [2.05, 4.69) is 22.3 Å². The lowest BCUT2D eigenvalue weighted by Gasteiger charge is -2.04. The summed E-state index contributed by atoms with van der Waals surface area (Å²) in [5.74, 6) is -0.235. The molecule has 18 heavy (non-hydrogen) atoms. The highest BCUT2D eigenvalue weighted by Gasteiger charge is 2.14. The van der Waals surface area contributed by atoms with Crippen LogP contribution in [0.15, 0.2) is 12.4 Å². The number of hydrogen-bond acceptors (Lipinski definition) is 5. The third kappa shape index (κ3) is 2.51. The van der Waals surface area contributed by atoms with Gasteiger partial charge in [-0.05, 0) is 6.42 Å². The van der Waals surface area contributed by atoms with Gasteiger partial charge in [0.2, 0.25) is 0 Å². The first-order chi connectivity index (χ1) is 8.61.